The van der Waals surface area contributed by atoms with Crippen LogP contribution in [-0.4, -0.2) is 101 Å². The molecule has 0 spiro atoms. The maximum Gasteiger partial charge on any atom is 0.527 e. The van der Waals surface area contributed by atoms with Gasteiger partial charge in [0.25, 0.3) is 5.91 Å². The highest BCUT2D eigenvalue weighted by molar-refractivity contribution is 5.97. The fourth-order valence-corrected chi connectivity index (χ4v) is 3.94. The van der Waals surface area contributed by atoms with Crippen LogP contribution in [0.5, 0.6) is 0 Å². The summed E-state index contributed by atoms with van der Waals surface area (Å²) in [7, 11) is 1.86. The zero-order valence-electron chi connectivity index (χ0n) is 23.2. The first kappa shape index (κ1) is 30.3. The molecule has 0 saturated carbocycles. The Morgan fingerprint density at radius 3 is 2.35 bits per heavy atom. The molecule has 0 unspecified atom stereocenters. The second-order valence-electron chi connectivity index (χ2n) is 9.49. The zero-order valence-corrected chi connectivity index (χ0v) is 23.2. The van der Waals surface area contributed by atoms with Crippen molar-refractivity contribution in [1.82, 2.24) is 25.2 Å². The molecule has 1 aliphatic heterocycles. The van der Waals surface area contributed by atoms with E-state index in [0.29, 0.717) is 11.6 Å². The lowest BCUT2D eigenvalue weighted by Gasteiger charge is -2.35. The molecule has 2 N–H and O–H groups in total. The van der Waals surface area contributed by atoms with E-state index in [9.17, 15) is 24.3 Å². The average molecular weight is 557 g/mol. The van der Waals surface area contributed by atoms with E-state index < -0.39 is 30.0 Å². The number of benzene rings is 1. The Hall–Kier alpha value is -4.26. The number of hydroxylamine groups is 2. The van der Waals surface area contributed by atoms with Crippen LogP contribution in [-0.2, 0) is 19.2 Å². The Morgan fingerprint density at radius 2 is 1.75 bits per heavy atom. The number of carboxylic acid groups (broad SMARTS) is 1. The number of rotatable bonds is 11. The minimum Gasteiger partial charge on any atom is -0.481 e. The summed E-state index contributed by atoms with van der Waals surface area (Å²) in [4.78, 5) is 67.3. The lowest BCUT2D eigenvalue weighted by atomic mass is 10.1. The van der Waals surface area contributed by atoms with Crippen LogP contribution in [0.3, 0.4) is 0 Å². The van der Waals surface area contributed by atoms with Crippen LogP contribution < -0.4 is 10.2 Å². The molecule has 1 fully saturated rings. The van der Waals surface area contributed by atoms with Gasteiger partial charge in [-0.15, -0.1) is 5.06 Å². The van der Waals surface area contributed by atoms with Gasteiger partial charge < -0.3 is 29.8 Å². The molecule has 1 atom stereocenters. The normalized spacial score (nSPS) is 14.4. The minimum atomic E-state index is -1.09. The Labute approximate surface area is 233 Å². The van der Waals surface area contributed by atoms with Crippen molar-refractivity contribution in [3.05, 3.63) is 42.1 Å². The first-order valence-electron chi connectivity index (χ1n) is 13.2. The lowest BCUT2D eigenvalue weighted by Crippen LogP contribution is -2.55. The summed E-state index contributed by atoms with van der Waals surface area (Å²) in [6.07, 6.45) is -1.24. The van der Waals surface area contributed by atoms with Gasteiger partial charge in [-0.2, -0.15) is 0 Å². The quantitative estimate of drug-likeness (QED) is 0.391. The van der Waals surface area contributed by atoms with Crippen LogP contribution in [0, 0.1) is 0 Å². The molecule has 0 aliphatic carbocycles. The van der Waals surface area contributed by atoms with Gasteiger partial charge in [0.1, 0.15) is 17.6 Å². The van der Waals surface area contributed by atoms with E-state index >= 15 is 0 Å². The first-order chi connectivity index (χ1) is 19.1. The molecule has 1 aromatic heterocycles. The number of nitrogens with one attached hydrogen (secondary N) is 1. The molecular formula is C27H36N6O7. The van der Waals surface area contributed by atoms with Gasteiger partial charge in [-0.1, -0.05) is 30.3 Å². The van der Waals surface area contributed by atoms with E-state index in [2.05, 4.69) is 15.3 Å². The van der Waals surface area contributed by atoms with E-state index in [4.69, 9.17) is 9.57 Å². The van der Waals surface area contributed by atoms with Gasteiger partial charge in [-0.3, -0.25) is 14.4 Å². The molecule has 13 nitrogen and oxygen atoms in total. The summed E-state index contributed by atoms with van der Waals surface area (Å²) in [5.74, 6) is -1.26. The molecule has 13 heteroatoms. The Balaban J connectivity index is 1.80. The summed E-state index contributed by atoms with van der Waals surface area (Å²) < 4.78 is 4.77. The third-order valence-electron chi connectivity index (χ3n) is 6.38. The minimum absolute atomic E-state index is 0.0529. The van der Waals surface area contributed by atoms with E-state index in [-0.39, 0.29) is 57.4 Å². The molecule has 1 aliphatic rings. The van der Waals surface area contributed by atoms with Gasteiger partial charge in [-0.05, 0) is 27.2 Å². The summed E-state index contributed by atoms with van der Waals surface area (Å²) in [6, 6.07) is 9.76. The largest absolute Gasteiger partial charge is 0.527 e. The number of piperazine rings is 1. The molecule has 0 radical (unpaired) electrons. The average Bonchev–Trinajstić information content (AvgIpc) is 2.95. The van der Waals surface area contributed by atoms with Crippen molar-refractivity contribution in [3.8, 4) is 11.4 Å². The molecule has 2 amide bonds. The molecule has 0 bridgehead atoms. The SMILES string of the molecule is CCOC(=O)ON1CCN(C(=O)[C@H](CCC(=O)O)NC(=O)c2cc(N(C)C(C)C)nc(-c3ccccc3)n2)CC1. The lowest BCUT2D eigenvalue weighted by molar-refractivity contribution is -0.157. The number of carbonyl (C=O) groups excluding carboxylic acids is 3. The van der Waals surface area contributed by atoms with Gasteiger partial charge in [-0.25, -0.2) is 14.8 Å². The van der Waals surface area contributed by atoms with Crippen molar-refractivity contribution in [2.75, 3.05) is 44.7 Å². The van der Waals surface area contributed by atoms with Gasteiger partial charge in [0.15, 0.2) is 5.82 Å². The highest BCUT2D eigenvalue weighted by atomic mass is 16.8. The molecule has 1 aromatic carbocycles. The Bertz CT molecular complexity index is 1190. The number of carbonyl (C=O) groups is 4. The van der Waals surface area contributed by atoms with Crippen LogP contribution in [0.1, 0.15) is 44.1 Å². The van der Waals surface area contributed by atoms with Crippen molar-refractivity contribution < 1.29 is 33.9 Å². The summed E-state index contributed by atoms with van der Waals surface area (Å²) in [6.45, 7) is 6.72. The smallest absolute Gasteiger partial charge is 0.481 e. The fourth-order valence-electron chi connectivity index (χ4n) is 3.94. The second-order valence-corrected chi connectivity index (χ2v) is 9.49. The number of nitrogens with zero attached hydrogens (tertiary/aromatic N) is 5. The van der Waals surface area contributed by atoms with Gasteiger partial charge in [0, 0.05) is 44.2 Å². The number of aromatic nitrogens is 2. The third-order valence-corrected chi connectivity index (χ3v) is 6.38. The van der Waals surface area contributed by atoms with E-state index in [0.717, 1.165) is 5.56 Å². The third kappa shape index (κ3) is 8.37. The van der Waals surface area contributed by atoms with Gasteiger partial charge >= 0.3 is 12.1 Å². The Kier molecular flexibility index (Phi) is 10.8. The molecule has 3 rings (SSSR count). The monoisotopic (exact) mass is 556 g/mol. The van der Waals surface area contributed by atoms with E-state index in [1.807, 2.05) is 56.1 Å². The summed E-state index contributed by atoms with van der Waals surface area (Å²) in [5.41, 5.74) is 0.772. The van der Waals surface area contributed by atoms with Crippen LogP contribution in [0.4, 0.5) is 10.6 Å². The van der Waals surface area contributed by atoms with Crippen molar-refractivity contribution in [2.45, 2.75) is 45.7 Å². The summed E-state index contributed by atoms with van der Waals surface area (Å²) in [5, 5.41) is 13.3. The predicted molar refractivity (Wildman–Crippen MR) is 145 cm³/mol. The van der Waals surface area contributed by atoms with E-state index in [1.54, 1.807) is 13.0 Å². The van der Waals surface area contributed by atoms with Crippen LogP contribution in [0.2, 0.25) is 0 Å². The second kappa shape index (κ2) is 14.2. The Morgan fingerprint density at radius 1 is 1.07 bits per heavy atom. The van der Waals surface area contributed by atoms with Crippen LogP contribution >= 0.6 is 0 Å². The number of carboxylic acids is 1. The highest BCUT2D eigenvalue weighted by Crippen LogP contribution is 2.21. The van der Waals surface area contributed by atoms with Gasteiger partial charge in [0.05, 0.1) is 19.7 Å². The number of hydrogen-bond acceptors (Lipinski definition) is 10. The molecule has 216 valence electrons. The van der Waals surface area contributed by atoms with Crippen molar-refractivity contribution >= 4 is 29.8 Å². The number of hydrogen-bond donors (Lipinski definition) is 2. The maximum atomic E-state index is 13.4. The topological polar surface area (TPSA) is 154 Å². The van der Waals surface area contributed by atoms with Crippen LogP contribution in [0.15, 0.2) is 36.4 Å². The maximum absolute atomic E-state index is 13.4. The molecular weight excluding hydrogens is 520 g/mol. The fraction of sp³-hybridized carbons (Fsp3) is 0.481. The predicted octanol–water partition coefficient (Wildman–Crippen LogP) is 2.18. The molecule has 1 saturated heterocycles. The van der Waals surface area contributed by atoms with Crippen molar-refractivity contribution in [1.29, 1.82) is 0 Å². The van der Waals surface area contributed by atoms with Crippen LogP contribution in [0.25, 0.3) is 11.4 Å². The zero-order chi connectivity index (χ0) is 29.2. The summed E-state index contributed by atoms with van der Waals surface area (Å²) >= 11 is 0. The standard InChI is InChI=1S/C27H36N6O7/c1-5-39-27(38)40-33-15-13-32(14-16-33)26(37)20(11-12-23(34)35)29-25(36)21-17-22(31(4)18(2)3)30-24(28-21)19-9-7-6-8-10-19/h6-10,17-18,20H,5,11-16H2,1-4H3,(H,29,36)(H,34,35)/t20-/m0/s1. The van der Waals surface area contributed by atoms with Gasteiger partial charge in [0.2, 0.25) is 5.91 Å². The van der Waals surface area contributed by atoms with Crippen molar-refractivity contribution in [3.63, 3.8) is 0 Å². The first-order valence-corrected chi connectivity index (χ1v) is 13.2. The number of aliphatic carboxylic acids is 1. The number of ether oxygens (including phenoxy) is 1. The number of anilines is 1. The highest BCUT2D eigenvalue weighted by Gasteiger charge is 2.31. The molecule has 40 heavy (non-hydrogen) atoms. The van der Waals surface area contributed by atoms with E-state index in [1.165, 1.54) is 9.96 Å². The molecule has 2 heterocycles. The van der Waals surface area contributed by atoms with Crippen molar-refractivity contribution in [2.24, 2.45) is 0 Å². The molecule has 2 aromatic rings. The number of amides is 2.